The first-order valence-electron chi connectivity index (χ1n) is 10.7. The van der Waals surface area contributed by atoms with Crippen molar-refractivity contribution in [1.82, 2.24) is 15.5 Å². The Morgan fingerprint density at radius 3 is 2.67 bits per heavy atom. The van der Waals surface area contributed by atoms with E-state index in [2.05, 4.69) is 15.5 Å². The van der Waals surface area contributed by atoms with Crippen LogP contribution in [0.2, 0.25) is 0 Å². The molecule has 0 aliphatic carbocycles. The number of ether oxygens (including phenoxy) is 2. The number of nitrogens with zero attached hydrogens (tertiary/aromatic N) is 3. The van der Waals surface area contributed by atoms with Gasteiger partial charge in [0, 0.05) is 30.4 Å². The largest absolute Gasteiger partial charge is 0.486 e. The molecule has 0 radical (unpaired) electrons. The number of amides is 2. The number of halogens is 2. The first-order valence-corrected chi connectivity index (χ1v) is 10.7. The first-order chi connectivity index (χ1) is 15.6. The molecule has 4 rings (SSSR count). The summed E-state index contributed by atoms with van der Waals surface area (Å²) in [5.41, 5.74) is 0.386. The van der Waals surface area contributed by atoms with Gasteiger partial charge >= 0.3 is 0 Å². The Kier molecular flexibility index (Phi) is 6.04. The van der Waals surface area contributed by atoms with Crippen LogP contribution in [0.1, 0.15) is 49.5 Å². The average molecular weight is 460 g/mol. The third-order valence-electron chi connectivity index (χ3n) is 6.14. The third kappa shape index (κ3) is 4.52. The van der Waals surface area contributed by atoms with Gasteiger partial charge in [0.2, 0.25) is 5.91 Å². The van der Waals surface area contributed by atoms with Crippen LogP contribution in [0, 0.1) is 0 Å². The zero-order valence-corrected chi connectivity index (χ0v) is 18.7. The van der Waals surface area contributed by atoms with Gasteiger partial charge in [0.25, 0.3) is 12.3 Å². The van der Waals surface area contributed by atoms with E-state index < -0.39 is 18.4 Å². The van der Waals surface area contributed by atoms with Crippen LogP contribution in [0.25, 0.3) is 0 Å². The molecule has 2 aromatic rings. The van der Waals surface area contributed by atoms with Gasteiger partial charge < -0.3 is 14.8 Å². The second-order valence-corrected chi connectivity index (χ2v) is 9.08. The van der Waals surface area contributed by atoms with Gasteiger partial charge in [-0.3, -0.25) is 14.5 Å². The van der Waals surface area contributed by atoms with Gasteiger partial charge in [-0.25, -0.2) is 8.78 Å². The highest BCUT2D eigenvalue weighted by Gasteiger charge is 2.45. The number of benzene rings is 1. The van der Waals surface area contributed by atoms with Crippen molar-refractivity contribution in [2.75, 3.05) is 24.7 Å². The Morgan fingerprint density at radius 1 is 1.24 bits per heavy atom. The van der Waals surface area contributed by atoms with Gasteiger partial charge in [-0.05, 0) is 57.4 Å². The second-order valence-electron chi connectivity index (χ2n) is 9.08. The highest BCUT2D eigenvalue weighted by Crippen LogP contribution is 2.45. The Balaban J connectivity index is 1.63. The quantitative estimate of drug-likeness (QED) is 0.711. The lowest BCUT2D eigenvalue weighted by Gasteiger charge is -2.34. The molecular weight excluding hydrogens is 434 g/mol. The van der Waals surface area contributed by atoms with Crippen LogP contribution in [-0.4, -0.2) is 53.8 Å². The molecule has 2 amide bonds. The highest BCUT2D eigenvalue weighted by atomic mass is 19.3. The van der Waals surface area contributed by atoms with E-state index >= 15 is 0 Å². The minimum Gasteiger partial charge on any atom is -0.486 e. The van der Waals surface area contributed by atoms with Gasteiger partial charge in [0.15, 0.2) is 5.82 Å². The lowest BCUT2D eigenvalue weighted by Crippen LogP contribution is -2.49. The molecule has 1 aromatic heterocycles. The van der Waals surface area contributed by atoms with Crippen molar-refractivity contribution < 1.29 is 27.8 Å². The van der Waals surface area contributed by atoms with Crippen LogP contribution in [0.15, 0.2) is 30.5 Å². The fourth-order valence-electron chi connectivity index (χ4n) is 4.08. The Hall–Kier alpha value is -3.14. The number of hydrogen-bond donors (Lipinski definition) is 1. The van der Waals surface area contributed by atoms with Crippen molar-refractivity contribution in [1.29, 1.82) is 0 Å². The number of alkyl halides is 2. The SMILES string of the molecule is CC1(NC(=O)c2ccc3c(c2)C(C)(C)C(=O)N3c2cc(OCC(F)F)cnn2)CCOCC1. The lowest BCUT2D eigenvalue weighted by molar-refractivity contribution is -0.121. The lowest BCUT2D eigenvalue weighted by atomic mass is 9.85. The molecule has 0 spiro atoms. The van der Waals surface area contributed by atoms with Gasteiger partial charge in [-0.15, -0.1) is 5.10 Å². The fraction of sp³-hybridized carbons (Fsp3) is 0.478. The minimum atomic E-state index is -2.64. The average Bonchev–Trinajstić information content (AvgIpc) is 2.98. The maximum atomic E-state index is 13.3. The van der Waals surface area contributed by atoms with Gasteiger partial charge in [-0.1, -0.05) is 0 Å². The molecular formula is C23H26F2N4O4. The molecule has 1 fully saturated rings. The number of rotatable bonds is 6. The zero-order valence-electron chi connectivity index (χ0n) is 18.7. The van der Waals surface area contributed by atoms with E-state index in [1.165, 1.54) is 17.2 Å². The summed E-state index contributed by atoms with van der Waals surface area (Å²) >= 11 is 0. The molecule has 3 heterocycles. The Morgan fingerprint density at radius 2 is 1.97 bits per heavy atom. The normalized spacial score (nSPS) is 18.8. The molecule has 1 N–H and O–H groups in total. The van der Waals surface area contributed by atoms with Crippen molar-refractivity contribution in [2.24, 2.45) is 0 Å². The van der Waals surface area contributed by atoms with Crippen LogP contribution >= 0.6 is 0 Å². The number of carbonyl (C=O) groups is 2. The highest BCUT2D eigenvalue weighted by molar-refractivity contribution is 6.12. The van der Waals surface area contributed by atoms with Crippen molar-refractivity contribution in [3.05, 3.63) is 41.6 Å². The smallest absolute Gasteiger partial charge is 0.272 e. The molecule has 33 heavy (non-hydrogen) atoms. The molecule has 1 aromatic carbocycles. The summed E-state index contributed by atoms with van der Waals surface area (Å²) in [6.07, 6.45) is 0.0272. The first kappa shape index (κ1) is 23.0. The number of aromatic nitrogens is 2. The van der Waals surface area contributed by atoms with Crippen molar-refractivity contribution in [2.45, 2.75) is 51.0 Å². The van der Waals surface area contributed by atoms with Crippen LogP contribution < -0.4 is 15.0 Å². The Labute approximate surface area is 190 Å². The van der Waals surface area contributed by atoms with Crippen LogP contribution in [0.4, 0.5) is 20.3 Å². The Bertz CT molecular complexity index is 1070. The molecule has 176 valence electrons. The summed E-state index contributed by atoms with van der Waals surface area (Å²) in [5.74, 6) is -0.247. The van der Waals surface area contributed by atoms with E-state index in [4.69, 9.17) is 9.47 Å². The molecule has 2 aliphatic heterocycles. The van der Waals surface area contributed by atoms with Gasteiger partial charge in [0.1, 0.15) is 12.4 Å². The number of carbonyl (C=O) groups excluding carboxylic acids is 2. The van der Waals surface area contributed by atoms with Crippen LogP contribution in [-0.2, 0) is 14.9 Å². The molecule has 10 heteroatoms. The monoisotopic (exact) mass is 460 g/mol. The molecule has 2 aliphatic rings. The van der Waals surface area contributed by atoms with Gasteiger partial charge in [-0.2, -0.15) is 5.10 Å². The van der Waals surface area contributed by atoms with E-state index in [-0.39, 0.29) is 28.9 Å². The number of nitrogens with one attached hydrogen (secondary N) is 1. The maximum Gasteiger partial charge on any atom is 0.272 e. The predicted octanol–water partition coefficient (Wildman–Crippen LogP) is 3.38. The van der Waals surface area contributed by atoms with Crippen molar-refractivity contribution >= 4 is 23.3 Å². The third-order valence-corrected chi connectivity index (χ3v) is 6.14. The van der Waals surface area contributed by atoms with E-state index in [1.807, 2.05) is 6.92 Å². The van der Waals surface area contributed by atoms with Crippen LogP contribution in [0.5, 0.6) is 5.75 Å². The van der Waals surface area contributed by atoms with E-state index in [0.717, 1.165) is 12.8 Å². The van der Waals surface area contributed by atoms with Crippen molar-refractivity contribution in [3.8, 4) is 5.75 Å². The summed E-state index contributed by atoms with van der Waals surface area (Å²) in [6.45, 7) is 5.93. The summed E-state index contributed by atoms with van der Waals surface area (Å²) in [6, 6.07) is 6.46. The number of anilines is 2. The molecule has 0 saturated carbocycles. The summed E-state index contributed by atoms with van der Waals surface area (Å²) in [5, 5.41) is 10.9. The summed E-state index contributed by atoms with van der Waals surface area (Å²) < 4.78 is 35.4. The van der Waals surface area contributed by atoms with Crippen molar-refractivity contribution in [3.63, 3.8) is 0 Å². The standard InChI is InChI=1S/C23H26F2N4O4/c1-22(2)16-10-14(20(30)27-23(3)6-8-32-9-7-23)4-5-17(16)29(21(22)31)19-11-15(12-26-28-19)33-13-18(24)25/h4-5,10-12,18H,6-9,13H2,1-3H3,(H,27,30). The minimum absolute atomic E-state index is 0.0834. The molecule has 0 bridgehead atoms. The summed E-state index contributed by atoms with van der Waals surface area (Å²) in [7, 11) is 0. The van der Waals surface area contributed by atoms with E-state index in [9.17, 15) is 18.4 Å². The molecule has 1 saturated heterocycles. The zero-order chi connectivity index (χ0) is 23.8. The predicted molar refractivity (Wildman–Crippen MR) is 116 cm³/mol. The number of hydrogen-bond acceptors (Lipinski definition) is 6. The van der Waals surface area contributed by atoms with E-state index in [0.29, 0.717) is 30.0 Å². The number of fused-ring (bicyclic) bond motifs is 1. The van der Waals surface area contributed by atoms with Gasteiger partial charge in [0.05, 0.1) is 17.3 Å². The molecule has 0 unspecified atom stereocenters. The second kappa shape index (κ2) is 8.66. The maximum absolute atomic E-state index is 13.3. The van der Waals surface area contributed by atoms with E-state index in [1.54, 1.807) is 32.0 Å². The topological polar surface area (TPSA) is 93.7 Å². The summed E-state index contributed by atoms with van der Waals surface area (Å²) in [4.78, 5) is 27.7. The fourth-order valence-corrected chi connectivity index (χ4v) is 4.08. The molecule has 0 atom stereocenters. The molecule has 8 nitrogen and oxygen atoms in total. The van der Waals surface area contributed by atoms with Crippen LogP contribution in [0.3, 0.4) is 0 Å².